The molecule has 1 unspecified atom stereocenters. The van der Waals surface area contributed by atoms with E-state index < -0.39 is 11.7 Å². The molecule has 0 saturated heterocycles. The molecule has 0 aromatic heterocycles. The van der Waals surface area contributed by atoms with E-state index in [9.17, 15) is 13.2 Å². The van der Waals surface area contributed by atoms with Crippen LogP contribution >= 0.6 is 0 Å². The molecule has 0 aliphatic rings. The van der Waals surface area contributed by atoms with Crippen molar-refractivity contribution in [2.45, 2.75) is 25.6 Å². The van der Waals surface area contributed by atoms with Crippen molar-refractivity contribution >= 4 is 0 Å². The average molecular weight is 243 g/mol. The maximum absolute atomic E-state index is 12.5. The number of benzene rings is 1. The van der Waals surface area contributed by atoms with E-state index in [4.69, 9.17) is 0 Å². The summed E-state index contributed by atoms with van der Waals surface area (Å²) in [4.78, 5) is 0. The molecule has 94 valence electrons. The van der Waals surface area contributed by atoms with Gasteiger partial charge >= 0.3 is 6.18 Å². The fourth-order valence-corrected chi connectivity index (χ4v) is 1.63. The standard InChI is InChI=1S/C13H16F3N/c1-3-12(17-4-2)9-10-6-5-7-11(8-10)13(14,15)16/h3,5-8,12,17H,1,4,9H2,2H3. The van der Waals surface area contributed by atoms with Crippen LogP contribution in [0.15, 0.2) is 36.9 Å². The Morgan fingerprint density at radius 2 is 2.12 bits per heavy atom. The summed E-state index contributed by atoms with van der Waals surface area (Å²) < 4.78 is 37.5. The fourth-order valence-electron chi connectivity index (χ4n) is 1.63. The zero-order valence-electron chi connectivity index (χ0n) is 9.72. The molecule has 0 fully saturated rings. The fraction of sp³-hybridized carbons (Fsp3) is 0.385. The Bertz CT molecular complexity index is 371. The predicted molar refractivity (Wildman–Crippen MR) is 62.8 cm³/mol. The Labute approximate surface area is 99.3 Å². The van der Waals surface area contributed by atoms with Gasteiger partial charge in [0.15, 0.2) is 0 Å². The maximum atomic E-state index is 12.5. The molecule has 1 atom stereocenters. The Morgan fingerprint density at radius 3 is 2.65 bits per heavy atom. The largest absolute Gasteiger partial charge is 0.416 e. The Balaban J connectivity index is 2.81. The first-order valence-corrected chi connectivity index (χ1v) is 5.49. The number of hydrogen-bond donors (Lipinski definition) is 1. The minimum absolute atomic E-state index is 0.00323. The molecule has 0 aliphatic heterocycles. The topological polar surface area (TPSA) is 12.0 Å². The van der Waals surface area contributed by atoms with Gasteiger partial charge in [-0.1, -0.05) is 31.2 Å². The van der Waals surface area contributed by atoms with Gasteiger partial charge < -0.3 is 5.32 Å². The number of alkyl halides is 3. The van der Waals surface area contributed by atoms with Gasteiger partial charge in [-0.05, 0) is 24.6 Å². The number of rotatable bonds is 5. The molecular weight excluding hydrogens is 227 g/mol. The Hall–Kier alpha value is -1.29. The third kappa shape index (κ3) is 4.23. The normalized spacial score (nSPS) is 13.4. The van der Waals surface area contributed by atoms with Gasteiger partial charge in [-0.15, -0.1) is 6.58 Å². The number of hydrogen-bond acceptors (Lipinski definition) is 1. The molecule has 0 spiro atoms. The lowest BCUT2D eigenvalue weighted by Gasteiger charge is -2.14. The minimum Gasteiger partial charge on any atom is -0.310 e. The van der Waals surface area contributed by atoms with E-state index >= 15 is 0 Å². The van der Waals surface area contributed by atoms with Gasteiger partial charge in [-0.3, -0.25) is 0 Å². The zero-order chi connectivity index (χ0) is 12.9. The lowest BCUT2D eigenvalue weighted by Crippen LogP contribution is -2.28. The highest BCUT2D eigenvalue weighted by molar-refractivity contribution is 5.26. The van der Waals surface area contributed by atoms with Gasteiger partial charge in [0.25, 0.3) is 0 Å². The van der Waals surface area contributed by atoms with E-state index in [1.54, 1.807) is 12.1 Å². The summed E-state index contributed by atoms with van der Waals surface area (Å²) in [6.07, 6.45) is -2.05. The third-order valence-corrected chi connectivity index (χ3v) is 2.46. The average Bonchev–Trinajstić information content (AvgIpc) is 2.28. The predicted octanol–water partition coefficient (Wildman–Crippen LogP) is 3.41. The van der Waals surface area contributed by atoms with Crippen LogP contribution in [-0.2, 0) is 12.6 Å². The van der Waals surface area contributed by atoms with Crippen molar-refractivity contribution in [1.29, 1.82) is 0 Å². The van der Waals surface area contributed by atoms with Crippen LogP contribution in [0.1, 0.15) is 18.1 Å². The Kier molecular flexibility index (Phi) is 4.75. The molecule has 1 nitrogen and oxygen atoms in total. The van der Waals surface area contributed by atoms with E-state index in [2.05, 4.69) is 11.9 Å². The number of halogens is 3. The summed E-state index contributed by atoms with van der Waals surface area (Å²) in [5.41, 5.74) is 0.0555. The van der Waals surface area contributed by atoms with Gasteiger partial charge in [0.05, 0.1) is 5.56 Å². The first kappa shape index (κ1) is 13.8. The van der Waals surface area contributed by atoms with Crippen LogP contribution in [0.5, 0.6) is 0 Å². The van der Waals surface area contributed by atoms with Crippen molar-refractivity contribution in [3.05, 3.63) is 48.0 Å². The summed E-state index contributed by atoms with van der Waals surface area (Å²) in [7, 11) is 0. The van der Waals surface area contributed by atoms with E-state index in [-0.39, 0.29) is 6.04 Å². The van der Waals surface area contributed by atoms with Crippen molar-refractivity contribution in [2.75, 3.05) is 6.54 Å². The van der Waals surface area contributed by atoms with Crippen molar-refractivity contribution < 1.29 is 13.2 Å². The quantitative estimate of drug-likeness (QED) is 0.781. The summed E-state index contributed by atoms with van der Waals surface area (Å²) in [6, 6.07) is 5.41. The molecule has 0 heterocycles. The lowest BCUT2D eigenvalue weighted by atomic mass is 10.0. The maximum Gasteiger partial charge on any atom is 0.416 e. The summed E-state index contributed by atoms with van der Waals surface area (Å²) in [5.74, 6) is 0. The molecule has 4 heteroatoms. The second-order valence-corrected chi connectivity index (χ2v) is 3.80. The first-order valence-electron chi connectivity index (χ1n) is 5.49. The van der Waals surface area contributed by atoms with Crippen LogP contribution in [0.4, 0.5) is 13.2 Å². The van der Waals surface area contributed by atoms with E-state index in [1.807, 2.05) is 6.92 Å². The van der Waals surface area contributed by atoms with Crippen molar-refractivity contribution in [3.8, 4) is 0 Å². The summed E-state index contributed by atoms with van der Waals surface area (Å²) >= 11 is 0. The van der Waals surface area contributed by atoms with Crippen molar-refractivity contribution in [2.24, 2.45) is 0 Å². The summed E-state index contributed by atoms with van der Waals surface area (Å²) in [6.45, 7) is 6.37. The summed E-state index contributed by atoms with van der Waals surface area (Å²) in [5, 5.41) is 3.14. The first-order chi connectivity index (χ1) is 7.97. The molecular formula is C13H16F3N. The van der Waals surface area contributed by atoms with E-state index in [1.165, 1.54) is 12.1 Å². The van der Waals surface area contributed by atoms with Gasteiger partial charge in [-0.25, -0.2) is 0 Å². The highest BCUT2D eigenvalue weighted by Crippen LogP contribution is 2.29. The molecule has 17 heavy (non-hydrogen) atoms. The molecule has 0 aliphatic carbocycles. The van der Waals surface area contributed by atoms with Crippen molar-refractivity contribution in [3.63, 3.8) is 0 Å². The molecule has 0 radical (unpaired) electrons. The van der Waals surface area contributed by atoms with Crippen LogP contribution in [0.3, 0.4) is 0 Å². The van der Waals surface area contributed by atoms with Crippen LogP contribution in [-0.4, -0.2) is 12.6 Å². The second-order valence-electron chi connectivity index (χ2n) is 3.80. The van der Waals surface area contributed by atoms with Gasteiger partial charge in [0.1, 0.15) is 0 Å². The second kappa shape index (κ2) is 5.87. The molecule has 1 aromatic carbocycles. The Morgan fingerprint density at radius 1 is 1.41 bits per heavy atom. The van der Waals surface area contributed by atoms with Crippen LogP contribution in [0.2, 0.25) is 0 Å². The van der Waals surface area contributed by atoms with Gasteiger partial charge in [-0.2, -0.15) is 13.2 Å². The molecule has 1 aromatic rings. The SMILES string of the molecule is C=CC(Cc1cccc(C(F)(F)F)c1)NCC. The van der Waals surface area contributed by atoms with E-state index in [0.717, 1.165) is 12.6 Å². The minimum atomic E-state index is -4.28. The van der Waals surface area contributed by atoms with Crippen LogP contribution in [0, 0.1) is 0 Å². The smallest absolute Gasteiger partial charge is 0.310 e. The zero-order valence-corrected chi connectivity index (χ0v) is 9.72. The van der Waals surface area contributed by atoms with Crippen molar-refractivity contribution in [1.82, 2.24) is 5.32 Å². The van der Waals surface area contributed by atoms with E-state index in [0.29, 0.717) is 12.0 Å². The van der Waals surface area contributed by atoms with Gasteiger partial charge in [0, 0.05) is 6.04 Å². The molecule has 1 rings (SSSR count). The highest BCUT2D eigenvalue weighted by atomic mass is 19.4. The van der Waals surface area contributed by atoms with Crippen LogP contribution in [0.25, 0.3) is 0 Å². The molecule has 1 N–H and O–H groups in total. The molecule has 0 bridgehead atoms. The monoisotopic (exact) mass is 243 g/mol. The van der Waals surface area contributed by atoms with Crippen LogP contribution < -0.4 is 5.32 Å². The highest BCUT2D eigenvalue weighted by Gasteiger charge is 2.30. The number of likely N-dealkylation sites (N-methyl/N-ethyl adjacent to an activating group) is 1. The number of nitrogens with one attached hydrogen (secondary N) is 1. The molecule has 0 saturated carbocycles. The third-order valence-electron chi connectivity index (χ3n) is 2.46. The molecule has 0 amide bonds. The lowest BCUT2D eigenvalue weighted by molar-refractivity contribution is -0.137. The van der Waals surface area contributed by atoms with Gasteiger partial charge in [0.2, 0.25) is 0 Å².